The Hall–Kier alpha value is -1.32. The first-order valence-corrected chi connectivity index (χ1v) is 5.52. The van der Waals surface area contributed by atoms with Crippen molar-refractivity contribution < 1.29 is 4.79 Å². The van der Waals surface area contributed by atoms with Gasteiger partial charge in [-0.05, 0) is 24.3 Å². The summed E-state index contributed by atoms with van der Waals surface area (Å²) in [5.41, 5.74) is 6.08. The van der Waals surface area contributed by atoms with E-state index in [0.29, 0.717) is 20.5 Å². The molecule has 0 aliphatic rings. The maximum atomic E-state index is 12.0. The first kappa shape index (κ1) is 10.2. The van der Waals surface area contributed by atoms with Crippen LogP contribution in [0, 0.1) is 0 Å². The third-order valence-electron chi connectivity index (χ3n) is 1.97. The third kappa shape index (κ3) is 2.03. The Kier molecular flexibility index (Phi) is 2.75. The van der Waals surface area contributed by atoms with Gasteiger partial charge >= 0.3 is 0 Å². The second-order valence-electron chi connectivity index (χ2n) is 3.01. The number of hydrogen-bond donors (Lipinski definition) is 1. The summed E-state index contributed by atoms with van der Waals surface area (Å²) in [6.07, 6.45) is 0. The number of nitrogen functional groups attached to an aromatic ring is 1. The second kappa shape index (κ2) is 4.04. The topological polar surface area (TPSA) is 43.1 Å². The molecule has 15 heavy (non-hydrogen) atoms. The second-order valence-corrected chi connectivity index (χ2v) is 4.53. The minimum absolute atomic E-state index is 0.0812. The minimum atomic E-state index is -0.0812. The third-order valence-corrected chi connectivity index (χ3v) is 3.21. The van der Waals surface area contributed by atoms with Crippen molar-refractivity contribution in [1.29, 1.82) is 0 Å². The molecule has 2 aromatic rings. The molecule has 0 aliphatic heterocycles. The zero-order valence-electron chi connectivity index (χ0n) is 7.74. The van der Waals surface area contributed by atoms with Crippen molar-refractivity contribution in [2.24, 2.45) is 0 Å². The van der Waals surface area contributed by atoms with E-state index in [-0.39, 0.29) is 5.78 Å². The van der Waals surface area contributed by atoms with E-state index in [1.54, 1.807) is 36.4 Å². The van der Waals surface area contributed by atoms with Gasteiger partial charge in [0, 0.05) is 5.56 Å². The molecule has 4 heteroatoms. The molecule has 0 bridgehead atoms. The Labute approximate surface area is 96.3 Å². The van der Waals surface area contributed by atoms with Gasteiger partial charge in [0.15, 0.2) is 0 Å². The fourth-order valence-electron chi connectivity index (χ4n) is 1.25. The first-order chi connectivity index (χ1) is 7.18. The van der Waals surface area contributed by atoms with Crippen LogP contribution >= 0.6 is 22.9 Å². The van der Waals surface area contributed by atoms with Gasteiger partial charge in [-0.15, -0.1) is 11.3 Å². The number of thiophene rings is 1. The van der Waals surface area contributed by atoms with E-state index in [4.69, 9.17) is 17.3 Å². The minimum Gasteiger partial charge on any atom is -0.391 e. The van der Waals surface area contributed by atoms with E-state index in [2.05, 4.69) is 0 Å². The number of hydrogen-bond acceptors (Lipinski definition) is 3. The van der Waals surface area contributed by atoms with E-state index in [0.717, 1.165) is 0 Å². The molecule has 0 fully saturated rings. The van der Waals surface area contributed by atoms with Crippen LogP contribution in [0.4, 0.5) is 5.00 Å². The van der Waals surface area contributed by atoms with Crippen molar-refractivity contribution in [1.82, 2.24) is 0 Å². The first-order valence-electron chi connectivity index (χ1n) is 4.33. The number of nitrogens with two attached hydrogens (primary N) is 1. The molecule has 1 aromatic carbocycles. The summed E-state index contributed by atoms with van der Waals surface area (Å²) < 4.78 is 0. The molecule has 1 heterocycles. The normalized spacial score (nSPS) is 10.2. The average Bonchev–Trinajstić information content (AvgIpc) is 2.65. The molecule has 0 amide bonds. The standard InChI is InChI=1S/C11H8ClNOS/c12-8-4-2-1-3-7(8)11(14)9-5-6-10(13)15-9/h1-6H,13H2. The van der Waals surface area contributed by atoms with Crippen molar-refractivity contribution in [2.45, 2.75) is 0 Å². The maximum Gasteiger partial charge on any atom is 0.204 e. The molecule has 0 saturated heterocycles. The Morgan fingerprint density at radius 1 is 1.20 bits per heavy atom. The number of ketones is 1. The lowest BCUT2D eigenvalue weighted by atomic mass is 10.1. The molecular formula is C11H8ClNOS. The number of anilines is 1. The molecule has 0 aliphatic carbocycles. The van der Waals surface area contributed by atoms with Crippen molar-refractivity contribution in [3.05, 3.63) is 51.9 Å². The summed E-state index contributed by atoms with van der Waals surface area (Å²) in [4.78, 5) is 12.6. The van der Waals surface area contributed by atoms with Crippen LogP contribution in [-0.4, -0.2) is 5.78 Å². The summed E-state index contributed by atoms with van der Waals surface area (Å²) in [5, 5.41) is 1.10. The Morgan fingerprint density at radius 3 is 2.53 bits per heavy atom. The van der Waals surface area contributed by atoms with Crippen LogP contribution < -0.4 is 5.73 Å². The fourth-order valence-corrected chi connectivity index (χ4v) is 2.20. The highest BCUT2D eigenvalue weighted by atomic mass is 35.5. The number of benzene rings is 1. The summed E-state index contributed by atoms with van der Waals surface area (Å²) >= 11 is 7.20. The van der Waals surface area contributed by atoms with Crippen LogP contribution in [-0.2, 0) is 0 Å². The smallest absolute Gasteiger partial charge is 0.204 e. The van der Waals surface area contributed by atoms with Gasteiger partial charge in [-0.2, -0.15) is 0 Å². The van der Waals surface area contributed by atoms with Crippen LogP contribution in [0.1, 0.15) is 15.2 Å². The van der Waals surface area contributed by atoms with Gasteiger partial charge in [0.1, 0.15) is 0 Å². The fraction of sp³-hybridized carbons (Fsp3) is 0. The van der Waals surface area contributed by atoms with Gasteiger partial charge in [-0.3, -0.25) is 4.79 Å². The van der Waals surface area contributed by atoms with Crippen LogP contribution in [0.25, 0.3) is 0 Å². The number of rotatable bonds is 2. The maximum absolute atomic E-state index is 12.0. The van der Waals surface area contributed by atoms with E-state index < -0.39 is 0 Å². The molecule has 0 unspecified atom stereocenters. The summed E-state index contributed by atoms with van der Waals surface area (Å²) in [6, 6.07) is 10.4. The highest BCUT2D eigenvalue weighted by Crippen LogP contribution is 2.24. The van der Waals surface area contributed by atoms with Gasteiger partial charge in [0.05, 0.1) is 14.9 Å². The predicted molar refractivity (Wildman–Crippen MR) is 63.6 cm³/mol. The number of carbonyl (C=O) groups excluding carboxylic acids is 1. The highest BCUT2D eigenvalue weighted by molar-refractivity contribution is 7.17. The molecule has 2 rings (SSSR count). The molecule has 2 N–H and O–H groups in total. The van der Waals surface area contributed by atoms with E-state index in [1.165, 1.54) is 11.3 Å². The largest absolute Gasteiger partial charge is 0.391 e. The van der Waals surface area contributed by atoms with Crippen LogP contribution in [0.15, 0.2) is 36.4 Å². The lowest BCUT2D eigenvalue weighted by molar-refractivity contribution is 0.104. The molecule has 0 spiro atoms. The molecular weight excluding hydrogens is 230 g/mol. The molecule has 0 atom stereocenters. The van der Waals surface area contributed by atoms with Gasteiger partial charge < -0.3 is 5.73 Å². The zero-order valence-corrected chi connectivity index (χ0v) is 9.31. The summed E-state index contributed by atoms with van der Waals surface area (Å²) in [6.45, 7) is 0. The van der Waals surface area contributed by atoms with Crippen LogP contribution in [0.5, 0.6) is 0 Å². The van der Waals surface area contributed by atoms with Gasteiger partial charge in [-0.1, -0.05) is 23.7 Å². The SMILES string of the molecule is Nc1ccc(C(=O)c2ccccc2Cl)s1. The predicted octanol–water partition coefficient (Wildman–Crippen LogP) is 3.21. The Bertz CT molecular complexity index is 507. The Morgan fingerprint density at radius 2 is 1.93 bits per heavy atom. The summed E-state index contributed by atoms with van der Waals surface area (Å²) in [5.74, 6) is -0.0812. The van der Waals surface area contributed by atoms with Crippen molar-refractivity contribution in [3.63, 3.8) is 0 Å². The lowest BCUT2D eigenvalue weighted by Gasteiger charge is -1.99. The lowest BCUT2D eigenvalue weighted by Crippen LogP contribution is -1.98. The molecule has 0 saturated carbocycles. The monoisotopic (exact) mass is 237 g/mol. The van der Waals surface area contributed by atoms with E-state index >= 15 is 0 Å². The van der Waals surface area contributed by atoms with Gasteiger partial charge in [0.25, 0.3) is 0 Å². The molecule has 2 nitrogen and oxygen atoms in total. The van der Waals surface area contributed by atoms with Crippen molar-refractivity contribution >= 4 is 33.7 Å². The van der Waals surface area contributed by atoms with Gasteiger partial charge in [-0.25, -0.2) is 0 Å². The van der Waals surface area contributed by atoms with Crippen molar-refractivity contribution in [2.75, 3.05) is 5.73 Å². The van der Waals surface area contributed by atoms with Gasteiger partial charge in [0.2, 0.25) is 5.78 Å². The summed E-state index contributed by atoms with van der Waals surface area (Å²) in [7, 11) is 0. The van der Waals surface area contributed by atoms with E-state index in [1.807, 2.05) is 0 Å². The zero-order chi connectivity index (χ0) is 10.8. The molecule has 1 aromatic heterocycles. The highest BCUT2D eigenvalue weighted by Gasteiger charge is 2.13. The molecule has 76 valence electrons. The van der Waals surface area contributed by atoms with E-state index in [9.17, 15) is 4.79 Å². The quantitative estimate of drug-likeness (QED) is 0.815. The van der Waals surface area contributed by atoms with Crippen LogP contribution in [0.3, 0.4) is 0 Å². The average molecular weight is 238 g/mol. The van der Waals surface area contributed by atoms with Crippen LogP contribution in [0.2, 0.25) is 5.02 Å². The number of carbonyl (C=O) groups is 1. The van der Waals surface area contributed by atoms with Crippen molar-refractivity contribution in [3.8, 4) is 0 Å². The Balaban J connectivity index is 2.41. The molecule has 0 radical (unpaired) electrons. The number of halogens is 1.